The maximum Gasteiger partial charge on any atom is 0.409 e. The topological polar surface area (TPSA) is 105 Å². The van der Waals surface area contributed by atoms with Crippen LogP contribution in [0.4, 0.5) is 14.9 Å². The summed E-state index contributed by atoms with van der Waals surface area (Å²) in [6.45, 7) is -0.177. The van der Waals surface area contributed by atoms with Crippen LogP contribution in [0, 0.1) is 15.9 Å². The second kappa shape index (κ2) is 6.53. The molecular formula is C14H11FN2O5. The third kappa shape index (κ3) is 3.92. The molecule has 0 bridgehead atoms. The molecule has 0 aliphatic rings. The maximum atomic E-state index is 13.6. The van der Waals surface area contributed by atoms with Crippen LogP contribution in [0.2, 0.25) is 0 Å². The van der Waals surface area contributed by atoms with E-state index in [1.165, 1.54) is 24.3 Å². The number of nitro groups is 1. The molecule has 2 aromatic rings. The zero-order valence-electron chi connectivity index (χ0n) is 11.2. The monoisotopic (exact) mass is 306 g/mol. The summed E-state index contributed by atoms with van der Waals surface area (Å²) in [6, 6.07) is 9.09. The SMILES string of the molecule is NC(=O)Oc1ccc(OCc2cc([N+](=O)[O-])ccc2F)cc1. The molecule has 8 heteroatoms. The highest BCUT2D eigenvalue weighted by Crippen LogP contribution is 2.21. The number of non-ortho nitro benzene ring substituents is 1. The molecule has 0 spiro atoms. The zero-order chi connectivity index (χ0) is 16.1. The average Bonchev–Trinajstić information content (AvgIpc) is 2.47. The minimum Gasteiger partial charge on any atom is -0.489 e. The van der Waals surface area contributed by atoms with E-state index in [-0.39, 0.29) is 23.6 Å². The van der Waals surface area contributed by atoms with Crippen molar-refractivity contribution >= 4 is 11.8 Å². The van der Waals surface area contributed by atoms with Crippen LogP contribution >= 0.6 is 0 Å². The average molecular weight is 306 g/mol. The Labute approximate surface area is 124 Å². The van der Waals surface area contributed by atoms with Crippen molar-refractivity contribution in [3.63, 3.8) is 0 Å². The van der Waals surface area contributed by atoms with Gasteiger partial charge >= 0.3 is 6.09 Å². The van der Waals surface area contributed by atoms with E-state index < -0.39 is 16.8 Å². The first kappa shape index (κ1) is 15.2. The molecule has 0 saturated carbocycles. The Bertz CT molecular complexity index is 703. The van der Waals surface area contributed by atoms with Gasteiger partial charge in [0.2, 0.25) is 0 Å². The summed E-state index contributed by atoms with van der Waals surface area (Å²) < 4.78 is 23.5. The number of nitrogens with two attached hydrogens (primary N) is 1. The molecule has 0 aromatic heterocycles. The third-order valence-electron chi connectivity index (χ3n) is 2.68. The van der Waals surface area contributed by atoms with Crippen LogP contribution in [0.1, 0.15) is 5.56 Å². The number of primary amides is 1. The molecule has 0 radical (unpaired) electrons. The Kier molecular flexibility index (Phi) is 4.52. The predicted molar refractivity (Wildman–Crippen MR) is 74.0 cm³/mol. The van der Waals surface area contributed by atoms with Crippen molar-refractivity contribution in [3.05, 3.63) is 64.0 Å². The van der Waals surface area contributed by atoms with E-state index in [1.54, 1.807) is 0 Å². The maximum absolute atomic E-state index is 13.6. The van der Waals surface area contributed by atoms with Gasteiger partial charge in [-0.1, -0.05) is 0 Å². The van der Waals surface area contributed by atoms with Crippen molar-refractivity contribution in [2.45, 2.75) is 6.61 Å². The summed E-state index contributed by atoms with van der Waals surface area (Å²) in [6.07, 6.45) is -0.938. The van der Waals surface area contributed by atoms with E-state index in [1.807, 2.05) is 0 Å². The van der Waals surface area contributed by atoms with Gasteiger partial charge in [-0.2, -0.15) is 0 Å². The molecule has 0 aliphatic heterocycles. The van der Waals surface area contributed by atoms with Gasteiger partial charge in [0.15, 0.2) is 0 Å². The lowest BCUT2D eigenvalue weighted by atomic mass is 10.2. The Morgan fingerprint density at radius 2 is 1.82 bits per heavy atom. The molecule has 0 aliphatic carbocycles. The smallest absolute Gasteiger partial charge is 0.409 e. The molecule has 2 aromatic carbocycles. The number of hydrogen-bond acceptors (Lipinski definition) is 5. The van der Waals surface area contributed by atoms with Gasteiger partial charge in [-0.25, -0.2) is 9.18 Å². The molecule has 0 unspecified atom stereocenters. The summed E-state index contributed by atoms with van der Waals surface area (Å²) in [7, 11) is 0. The first-order valence-electron chi connectivity index (χ1n) is 6.08. The number of halogens is 1. The number of nitro benzene ring substituents is 1. The summed E-state index contributed by atoms with van der Waals surface area (Å²) in [5, 5.41) is 10.7. The molecule has 22 heavy (non-hydrogen) atoms. The second-order valence-corrected chi connectivity index (χ2v) is 4.21. The van der Waals surface area contributed by atoms with Crippen LogP contribution in [-0.2, 0) is 6.61 Å². The molecule has 2 rings (SSSR count). The van der Waals surface area contributed by atoms with Crippen molar-refractivity contribution in [1.82, 2.24) is 0 Å². The first-order valence-corrected chi connectivity index (χ1v) is 6.08. The first-order chi connectivity index (χ1) is 10.5. The van der Waals surface area contributed by atoms with Gasteiger partial charge < -0.3 is 15.2 Å². The number of amides is 1. The fraction of sp³-hybridized carbons (Fsp3) is 0.0714. The molecule has 0 atom stereocenters. The van der Waals surface area contributed by atoms with Gasteiger partial charge in [0.1, 0.15) is 23.9 Å². The number of hydrogen-bond donors (Lipinski definition) is 1. The number of carbonyl (C=O) groups excluding carboxylic acids is 1. The minimum absolute atomic E-state index is 0.0617. The normalized spacial score (nSPS) is 10.0. The summed E-state index contributed by atoms with van der Waals surface area (Å²) in [5.74, 6) is 0.0170. The van der Waals surface area contributed by atoms with Crippen LogP contribution in [0.5, 0.6) is 11.5 Å². The molecule has 0 fully saturated rings. The number of ether oxygens (including phenoxy) is 2. The Balaban J connectivity index is 2.05. The highest BCUT2D eigenvalue weighted by atomic mass is 19.1. The van der Waals surface area contributed by atoms with E-state index in [9.17, 15) is 19.3 Å². The summed E-state index contributed by atoms with van der Waals surface area (Å²) in [5.41, 5.74) is 4.71. The minimum atomic E-state index is -0.938. The van der Waals surface area contributed by atoms with Crippen molar-refractivity contribution in [1.29, 1.82) is 0 Å². The number of benzene rings is 2. The molecular weight excluding hydrogens is 295 g/mol. The Morgan fingerprint density at radius 1 is 1.18 bits per heavy atom. The quantitative estimate of drug-likeness (QED) is 0.675. The fourth-order valence-corrected chi connectivity index (χ4v) is 1.67. The molecule has 0 heterocycles. The molecule has 2 N–H and O–H groups in total. The number of carbonyl (C=O) groups is 1. The molecule has 7 nitrogen and oxygen atoms in total. The van der Waals surface area contributed by atoms with Crippen molar-refractivity contribution < 1.29 is 23.6 Å². The van der Waals surface area contributed by atoms with Gasteiger partial charge in [0.25, 0.3) is 5.69 Å². The number of nitrogens with zero attached hydrogens (tertiary/aromatic N) is 1. The summed E-state index contributed by atoms with van der Waals surface area (Å²) in [4.78, 5) is 20.6. The van der Waals surface area contributed by atoms with Gasteiger partial charge in [0.05, 0.1) is 4.92 Å². The molecule has 1 amide bonds. The number of rotatable bonds is 5. The molecule has 0 saturated heterocycles. The van der Waals surface area contributed by atoms with E-state index in [0.29, 0.717) is 5.75 Å². The van der Waals surface area contributed by atoms with Crippen molar-refractivity contribution in [2.75, 3.05) is 0 Å². The fourth-order valence-electron chi connectivity index (χ4n) is 1.67. The largest absolute Gasteiger partial charge is 0.489 e. The van der Waals surface area contributed by atoms with Gasteiger partial charge in [-0.15, -0.1) is 0 Å². The lowest BCUT2D eigenvalue weighted by molar-refractivity contribution is -0.385. The standard InChI is InChI=1S/C14H11FN2O5/c15-13-6-1-10(17(19)20)7-9(13)8-21-11-2-4-12(5-3-11)22-14(16)18/h1-7H,8H2,(H2,16,18). The van der Waals surface area contributed by atoms with Crippen LogP contribution in [0.15, 0.2) is 42.5 Å². The Morgan fingerprint density at radius 3 is 2.41 bits per heavy atom. The third-order valence-corrected chi connectivity index (χ3v) is 2.68. The lowest BCUT2D eigenvalue weighted by Crippen LogP contribution is -2.16. The zero-order valence-corrected chi connectivity index (χ0v) is 11.2. The van der Waals surface area contributed by atoms with Crippen molar-refractivity contribution in [2.24, 2.45) is 5.73 Å². The van der Waals surface area contributed by atoms with Crippen LogP contribution in [-0.4, -0.2) is 11.0 Å². The highest BCUT2D eigenvalue weighted by molar-refractivity contribution is 5.68. The van der Waals surface area contributed by atoms with Crippen molar-refractivity contribution in [3.8, 4) is 11.5 Å². The Hall–Kier alpha value is -3.16. The second-order valence-electron chi connectivity index (χ2n) is 4.21. The van der Waals surface area contributed by atoms with E-state index >= 15 is 0 Å². The molecule has 114 valence electrons. The van der Waals surface area contributed by atoms with E-state index in [0.717, 1.165) is 18.2 Å². The van der Waals surface area contributed by atoms with Gasteiger partial charge in [0, 0.05) is 17.7 Å². The predicted octanol–water partition coefficient (Wildman–Crippen LogP) is 2.77. The van der Waals surface area contributed by atoms with Crippen LogP contribution in [0.25, 0.3) is 0 Å². The van der Waals surface area contributed by atoms with E-state index in [4.69, 9.17) is 10.5 Å². The van der Waals surface area contributed by atoms with Crippen LogP contribution < -0.4 is 15.2 Å². The highest BCUT2D eigenvalue weighted by Gasteiger charge is 2.11. The van der Waals surface area contributed by atoms with Crippen LogP contribution in [0.3, 0.4) is 0 Å². The van der Waals surface area contributed by atoms with E-state index in [2.05, 4.69) is 4.74 Å². The van der Waals surface area contributed by atoms with Gasteiger partial charge in [-0.3, -0.25) is 10.1 Å². The lowest BCUT2D eigenvalue weighted by Gasteiger charge is -2.08. The summed E-state index contributed by atoms with van der Waals surface area (Å²) >= 11 is 0. The van der Waals surface area contributed by atoms with Gasteiger partial charge in [-0.05, 0) is 30.3 Å².